The van der Waals surface area contributed by atoms with Gasteiger partial charge in [0.2, 0.25) is 0 Å². The molecule has 3 rings (SSSR count). The number of phenols is 1. The minimum Gasteiger partial charge on any atom is -0.508 e. The van der Waals surface area contributed by atoms with Crippen molar-refractivity contribution in [3.63, 3.8) is 0 Å². The van der Waals surface area contributed by atoms with Gasteiger partial charge < -0.3 is 10.4 Å². The van der Waals surface area contributed by atoms with E-state index in [4.69, 9.17) is 11.6 Å². The summed E-state index contributed by atoms with van der Waals surface area (Å²) in [6.07, 6.45) is 0. The van der Waals surface area contributed by atoms with Crippen molar-refractivity contribution in [1.29, 1.82) is 0 Å². The Morgan fingerprint density at radius 3 is 2.65 bits per heavy atom. The fourth-order valence-electron chi connectivity index (χ4n) is 1.87. The highest BCUT2D eigenvalue weighted by Crippen LogP contribution is 2.26. The summed E-state index contributed by atoms with van der Waals surface area (Å²) in [5, 5.41) is 12.9. The lowest BCUT2D eigenvalue weighted by atomic mass is 10.2. The molecule has 1 aromatic carbocycles. The van der Waals surface area contributed by atoms with Crippen molar-refractivity contribution >= 4 is 11.6 Å². The van der Waals surface area contributed by atoms with Gasteiger partial charge in [0.15, 0.2) is 5.82 Å². The van der Waals surface area contributed by atoms with Crippen molar-refractivity contribution in [3.05, 3.63) is 40.7 Å². The highest BCUT2D eigenvalue weighted by Gasteiger charge is 2.18. The summed E-state index contributed by atoms with van der Waals surface area (Å²) in [5.74, 6) is 0.820. The number of halogens is 1. The van der Waals surface area contributed by atoms with Crippen LogP contribution in [0, 0.1) is 0 Å². The largest absolute Gasteiger partial charge is 0.508 e. The maximum Gasteiger partial charge on any atom is 0.161 e. The van der Waals surface area contributed by atoms with Crippen molar-refractivity contribution in [2.75, 3.05) is 0 Å². The molecule has 0 unspecified atom stereocenters. The lowest BCUT2D eigenvalue weighted by molar-refractivity contribution is 0.475. The molecule has 1 aromatic heterocycles. The van der Waals surface area contributed by atoms with Gasteiger partial charge >= 0.3 is 0 Å². The highest BCUT2D eigenvalue weighted by atomic mass is 35.5. The van der Waals surface area contributed by atoms with E-state index in [-0.39, 0.29) is 5.75 Å². The van der Waals surface area contributed by atoms with E-state index < -0.39 is 0 Å². The number of rotatable bonds is 1. The summed E-state index contributed by atoms with van der Waals surface area (Å²) in [7, 11) is 0. The summed E-state index contributed by atoms with van der Waals surface area (Å²) in [6.45, 7) is 1.45. The third kappa shape index (κ3) is 1.85. The first-order valence-corrected chi connectivity index (χ1v) is 5.67. The number of aromatic hydroxyl groups is 1. The summed E-state index contributed by atoms with van der Waals surface area (Å²) in [4.78, 5) is 8.75. The lowest BCUT2D eigenvalue weighted by Gasteiger charge is -2.05. The van der Waals surface area contributed by atoms with Crippen LogP contribution in [0.25, 0.3) is 11.4 Å². The second-order valence-corrected chi connectivity index (χ2v) is 4.27. The average Bonchev–Trinajstić information content (AvgIpc) is 2.78. The number of hydrogen-bond donors (Lipinski definition) is 2. The van der Waals surface area contributed by atoms with E-state index in [0.717, 1.165) is 29.9 Å². The number of nitrogens with zero attached hydrogens (tertiary/aromatic N) is 2. The zero-order valence-corrected chi connectivity index (χ0v) is 9.70. The molecule has 0 radical (unpaired) electrons. The van der Waals surface area contributed by atoms with Crippen molar-refractivity contribution in [2.45, 2.75) is 13.1 Å². The molecule has 17 heavy (non-hydrogen) atoms. The Morgan fingerprint density at radius 2 is 1.88 bits per heavy atom. The molecule has 0 aliphatic carbocycles. The first kappa shape index (κ1) is 10.5. The minimum atomic E-state index is 0.225. The van der Waals surface area contributed by atoms with Crippen molar-refractivity contribution in [2.24, 2.45) is 0 Å². The van der Waals surface area contributed by atoms with Crippen LogP contribution < -0.4 is 5.32 Å². The Hall–Kier alpha value is -1.65. The van der Waals surface area contributed by atoms with Crippen molar-refractivity contribution in [3.8, 4) is 17.1 Å². The molecule has 0 amide bonds. The van der Waals surface area contributed by atoms with E-state index in [1.54, 1.807) is 24.3 Å². The monoisotopic (exact) mass is 247 g/mol. The van der Waals surface area contributed by atoms with Gasteiger partial charge in [0.05, 0.1) is 5.69 Å². The molecule has 0 fully saturated rings. The van der Waals surface area contributed by atoms with Gasteiger partial charge in [-0.05, 0) is 24.3 Å². The first-order chi connectivity index (χ1) is 8.24. The minimum absolute atomic E-state index is 0.225. The molecule has 1 aliphatic rings. The second kappa shape index (κ2) is 3.98. The van der Waals surface area contributed by atoms with Crippen LogP contribution >= 0.6 is 11.6 Å². The maximum atomic E-state index is 9.24. The van der Waals surface area contributed by atoms with E-state index in [1.165, 1.54) is 0 Å². The molecule has 2 N–H and O–H groups in total. The van der Waals surface area contributed by atoms with E-state index in [0.29, 0.717) is 11.0 Å². The average molecular weight is 248 g/mol. The number of benzene rings is 1. The van der Waals surface area contributed by atoms with Gasteiger partial charge in [-0.1, -0.05) is 11.6 Å². The number of aromatic nitrogens is 2. The van der Waals surface area contributed by atoms with E-state index in [2.05, 4.69) is 15.3 Å². The Labute approximate surface area is 103 Å². The molecule has 0 bridgehead atoms. The van der Waals surface area contributed by atoms with Crippen LogP contribution in [0.2, 0.25) is 5.15 Å². The fraction of sp³-hybridized carbons (Fsp3) is 0.167. The van der Waals surface area contributed by atoms with Gasteiger partial charge in [-0.15, -0.1) is 0 Å². The number of fused-ring (bicyclic) bond motifs is 1. The Balaban J connectivity index is 2.10. The molecule has 2 aromatic rings. The van der Waals surface area contributed by atoms with E-state index in [9.17, 15) is 5.11 Å². The van der Waals surface area contributed by atoms with Gasteiger partial charge in [-0.25, -0.2) is 9.97 Å². The Kier molecular flexibility index (Phi) is 2.46. The van der Waals surface area contributed by atoms with E-state index >= 15 is 0 Å². The summed E-state index contributed by atoms with van der Waals surface area (Å²) in [6, 6.07) is 6.77. The van der Waals surface area contributed by atoms with E-state index in [1.807, 2.05) is 0 Å². The van der Waals surface area contributed by atoms with Crippen LogP contribution in [0.3, 0.4) is 0 Å². The van der Waals surface area contributed by atoms with Gasteiger partial charge in [-0.3, -0.25) is 0 Å². The predicted molar refractivity (Wildman–Crippen MR) is 64.7 cm³/mol. The quantitative estimate of drug-likeness (QED) is 0.758. The van der Waals surface area contributed by atoms with Gasteiger partial charge in [0.25, 0.3) is 0 Å². The standard InChI is InChI=1S/C12H10ClN3O/c13-11-9-5-14-6-10(9)15-12(16-11)7-1-3-8(17)4-2-7/h1-4,14,17H,5-6H2. The van der Waals surface area contributed by atoms with Gasteiger partial charge in [0, 0.05) is 24.2 Å². The summed E-state index contributed by atoms with van der Waals surface area (Å²) in [5.41, 5.74) is 2.78. The molecule has 0 spiro atoms. The molecule has 1 aliphatic heterocycles. The Bertz CT molecular complexity index is 569. The second-order valence-electron chi connectivity index (χ2n) is 3.91. The van der Waals surface area contributed by atoms with Crippen LogP contribution in [-0.4, -0.2) is 15.1 Å². The molecule has 4 nitrogen and oxygen atoms in total. The molecule has 5 heteroatoms. The smallest absolute Gasteiger partial charge is 0.161 e. The SMILES string of the molecule is Oc1ccc(-c2nc(Cl)c3c(n2)CNC3)cc1. The molecule has 0 saturated carbocycles. The molecule has 86 valence electrons. The third-order valence-corrected chi connectivity index (χ3v) is 3.07. The lowest BCUT2D eigenvalue weighted by Crippen LogP contribution is -2.00. The number of phenolic OH excluding ortho intramolecular Hbond substituents is 1. The molecular formula is C12H10ClN3O. The van der Waals surface area contributed by atoms with Crippen molar-refractivity contribution < 1.29 is 5.11 Å². The third-order valence-electron chi connectivity index (χ3n) is 2.76. The van der Waals surface area contributed by atoms with Crippen LogP contribution in [0.1, 0.15) is 11.3 Å². The topological polar surface area (TPSA) is 58.0 Å². The van der Waals surface area contributed by atoms with Crippen LogP contribution in [0.5, 0.6) is 5.75 Å². The fourth-order valence-corrected chi connectivity index (χ4v) is 2.12. The number of nitrogens with one attached hydrogen (secondary N) is 1. The number of hydrogen-bond acceptors (Lipinski definition) is 4. The van der Waals surface area contributed by atoms with Crippen LogP contribution in [-0.2, 0) is 13.1 Å². The summed E-state index contributed by atoms with van der Waals surface area (Å²) >= 11 is 6.12. The molecule has 0 saturated heterocycles. The Morgan fingerprint density at radius 1 is 1.12 bits per heavy atom. The highest BCUT2D eigenvalue weighted by molar-refractivity contribution is 6.30. The molecular weight excluding hydrogens is 238 g/mol. The van der Waals surface area contributed by atoms with Gasteiger partial charge in [-0.2, -0.15) is 0 Å². The summed E-state index contributed by atoms with van der Waals surface area (Å²) < 4.78 is 0. The first-order valence-electron chi connectivity index (χ1n) is 5.29. The zero-order chi connectivity index (χ0) is 11.8. The zero-order valence-electron chi connectivity index (χ0n) is 8.94. The van der Waals surface area contributed by atoms with Gasteiger partial charge in [0.1, 0.15) is 10.9 Å². The predicted octanol–water partition coefficient (Wildman–Crippen LogP) is 2.11. The maximum absolute atomic E-state index is 9.24. The molecule has 2 heterocycles. The van der Waals surface area contributed by atoms with Crippen LogP contribution in [0.4, 0.5) is 0 Å². The van der Waals surface area contributed by atoms with Crippen molar-refractivity contribution in [1.82, 2.24) is 15.3 Å². The molecule has 0 atom stereocenters. The van der Waals surface area contributed by atoms with Crippen LogP contribution in [0.15, 0.2) is 24.3 Å². The normalized spacial score (nSPS) is 13.7.